The molecule has 4 aromatic rings. The van der Waals surface area contributed by atoms with Crippen LogP contribution in [0.25, 0.3) is 10.9 Å². The summed E-state index contributed by atoms with van der Waals surface area (Å²) in [6, 6.07) is 16.8. The Labute approximate surface area is 202 Å². The van der Waals surface area contributed by atoms with Crippen LogP contribution in [0.4, 0.5) is 17.2 Å². The van der Waals surface area contributed by atoms with Crippen molar-refractivity contribution >= 4 is 34.0 Å². The number of hydrogen-bond acceptors (Lipinski definition) is 7. The minimum Gasteiger partial charge on any atom is -0.378 e. The van der Waals surface area contributed by atoms with Crippen LogP contribution in [0.1, 0.15) is 22.3 Å². The number of fused-ring (bicyclic) bond motifs is 1. The van der Waals surface area contributed by atoms with E-state index in [1.807, 2.05) is 42.5 Å². The summed E-state index contributed by atoms with van der Waals surface area (Å²) < 4.78 is 0. The predicted octanol–water partition coefficient (Wildman–Crippen LogP) is 4.69. The molecule has 0 saturated heterocycles. The quantitative estimate of drug-likeness (QED) is 0.383. The lowest BCUT2D eigenvalue weighted by molar-refractivity contribution is 0.0966. The van der Waals surface area contributed by atoms with Gasteiger partial charge in [0.1, 0.15) is 5.82 Å². The standard InChI is InChI=1S/C27H21N7O/c28-16-18-1-7-24-23(15-18)25(11-14-30-24)34-26-8-2-19(17-31-26)27(35)33-21-5-3-20(4-6-21)32-22-9-12-29-13-10-22/h1-3,5-15,17,20H,4H2,(H,29,32)(H,33,35)(H,30,31,34)/t20-/m0/s1. The van der Waals surface area contributed by atoms with Crippen LogP contribution in [0, 0.1) is 11.3 Å². The third kappa shape index (κ3) is 5.15. The van der Waals surface area contributed by atoms with Gasteiger partial charge in [0, 0.05) is 47.6 Å². The van der Waals surface area contributed by atoms with Crippen molar-refractivity contribution in [2.24, 2.45) is 0 Å². The van der Waals surface area contributed by atoms with Crippen LogP contribution < -0.4 is 16.0 Å². The molecule has 0 spiro atoms. The first kappa shape index (κ1) is 21.8. The van der Waals surface area contributed by atoms with Crippen molar-refractivity contribution in [3.05, 3.63) is 108 Å². The van der Waals surface area contributed by atoms with E-state index in [9.17, 15) is 10.1 Å². The molecule has 3 heterocycles. The average Bonchev–Trinajstić information content (AvgIpc) is 2.91. The molecule has 35 heavy (non-hydrogen) atoms. The van der Waals surface area contributed by atoms with Gasteiger partial charge in [-0.25, -0.2) is 4.98 Å². The van der Waals surface area contributed by atoms with Crippen molar-refractivity contribution in [1.82, 2.24) is 20.3 Å². The van der Waals surface area contributed by atoms with Crippen LogP contribution in [0.5, 0.6) is 0 Å². The molecule has 0 aliphatic heterocycles. The first-order chi connectivity index (χ1) is 17.2. The maximum absolute atomic E-state index is 12.7. The van der Waals surface area contributed by atoms with E-state index < -0.39 is 0 Å². The Morgan fingerprint density at radius 1 is 1.03 bits per heavy atom. The molecular weight excluding hydrogens is 438 g/mol. The van der Waals surface area contributed by atoms with Gasteiger partial charge in [-0.15, -0.1) is 0 Å². The number of carbonyl (C=O) groups excluding carboxylic acids is 1. The van der Waals surface area contributed by atoms with Crippen LogP contribution in [-0.4, -0.2) is 26.9 Å². The highest BCUT2D eigenvalue weighted by Gasteiger charge is 2.12. The molecule has 0 radical (unpaired) electrons. The molecule has 1 amide bonds. The molecule has 0 bridgehead atoms. The minimum atomic E-state index is -0.228. The molecule has 1 aliphatic carbocycles. The van der Waals surface area contributed by atoms with E-state index in [1.54, 1.807) is 42.9 Å². The van der Waals surface area contributed by atoms with E-state index in [4.69, 9.17) is 0 Å². The summed E-state index contributed by atoms with van der Waals surface area (Å²) in [7, 11) is 0. The first-order valence-electron chi connectivity index (χ1n) is 11.1. The van der Waals surface area contributed by atoms with E-state index in [1.165, 1.54) is 6.20 Å². The molecule has 0 fully saturated rings. The number of hydrogen-bond donors (Lipinski definition) is 3. The lowest BCUT2D eigenvalue weighted by Gasteiger charge is -2.19. The van der Waals surface area contributed by atoms with Gasteiger partial charge in [0.25, 0.3) is 5.91 Å². The van der Waals surface area contributed by atoms with Crippen LogP contribution in [-0.2, 0) is 0 Å². The molecule has 1 atom stereocenters. The number of rotatable bonds is 6. The smallest absolute Gasteiger partial charge is 0.257 e. The Bertz CT molecular complexity index is 1470. The summed E-state index contributed by atoms with van der Waals surface area (Å²) in [6.45, 7) is 0. The molecule has 5 rings (SSSR count). The second-order valence-electron chi connectivity index (χ2n) is 7.95. The van der Waals surface area contributed by atoms with Crippen molar-refractivity contribution in [2.45, 2.75) is 12.5 Å². The van der Waals surface area contributed by atoms with Gasteiger partial charge in [-0.1, -0.05) is 12.2 Å². The number of carbonyl (C=O) groups is 1. The Morgan fingerprint density at radius 3 is 2.66 bits per heavy atom. The topological polar surface area (TPSA) is 116 Å². The van der Waals surface area contributed by atoms with Crippen LogP contribution in [0.15, 0.2) is 97.2 Å². The fraction of sp³-hybridized carbons (Fsp3) is 0.0741. The molecule has 170 valence electrons. The van der Waals surface area contributed by atoms with Gasteiger partial charge >= 0.3 is 0 Å². The number of allylic oxidation sites excluding steroid dienone is 1. The van der Waals surface area contributed by atoms with Gasteiger partial charge in [0.2, 0.25) is 0 Å². The highest BCUT2D eigenvalue weighted by molar-refractivity contribution is 5.96. The van der Waals surface area contributed by atoms with Gasteiger partial charge in [-0.2, -0.15) is 5.26 Å². The summed E-state index contributed by atoms with van der Waals surface area (Å²) in [6.07, 6.45) is 13.4. The maximum Gasteiger partial charge on any atom is 0.257 e. The first-order valence-corrected chi connectivity index (χ1v) is 11.1. The fourth-order valence-corrected chi connectivity index (χ4v) is 3.75. The van der Waals surface area contributed by atoms with Crippen LogP contribution in [0.3, 0.4) is 0 Å². The Kier molecular flexibility index (Phi) is 6.13. The molecule has 0 unspecified atom stereocenters. The molecular formula is C27H21N7O. The summed E-state index contributed by atoms with van der Waals surface area (Å²) in [5, 5.41) is 19.6. The minimum absolute atomic E-state index is 0.151. The van der Waals surface area contributed by atoms with Crippen molar-refractivity contribution < 1.29 is 4.79 Å². The monoisotopic (exact) mass is 459 g/mol. The van der Waals surface area contributed by atoms with E-state index in [0.717, 1.165) is 34.4 Å². The van der Waals surface area contributed by atoms with Gasteiger partial charge in [0.15, 0.2) is 0 Å². The SMILES string of the molecule is N#Cc1ccc2nccc(Nc3ccc(C(=O)NC4=CC[C@@H](Nc5ccncc5)C=C4)cn3)c2c1. The third-order valence-corrected chi connectivity index (χ3v) is 5.55. The zero-order valence-electron chi connectivity index (χ0n) is 18.6. The van der Waals surface area contributed by atoms with Gasteiger partial charge in [0.05, 0.1) is 28.4 Å². The maximum atomic E-state index is 12.7. The zero-order valence-corrected chi connectivity index (χ0v) is 18.6. The number of pyridine rings is 3. The summed E-state index contributed by atoms with van der Waals surface area (Å²) in [5.74, 6) is 0.353. The number of nitriles is 1. The largest absolute Gasteiger partial charge is 0.378 e. The van der Waals surface area contributed by atoms with Gasteiger partial charge in [-0.3, -0.25) is 14.8 Å². The summed E-state index contributed by atoms with van der Waals surface area (Å²) in [5.41, 5.74) is 4.32. The average molecular weight is 460 g/mol. The number of nitrogens with one attached hydrogen (secondary N) is 3. The van der Waals surface area contributed by atoms with Crippen LogP contribution in [0.2, 0.25) is 0 Å². The van der Waals surface area contributed by atoms with E-state index in [0.29, 0.717) is 16.9 Å². The summed E-state index contributed by atoms with van der Waals surface area (Å²) >= 11 is 0. The molecule has 1 aliphatic rings. The number of amides is 1. The molecule has 0 saturated carbocycles. The molecule has 3 N–H and O–H groups in total. The number of aromatic nitrogens is 3. The van der Waals surface area contributed by atoms with Crippen molar-refractivity contribution in [3.8, 4) is 6.07 Å². The van der Waals surface area contributed by atoms with Crippen molar-refractivity contribution in [2.75, 3.05) is 10.6 Å². The normalized spacial score (nSPS) is 14.6. The van der Waals surface area contributed by atoms with Gasteiger partial charge < -0.3 is 16.0 Å². The molecule has 8 heteroatoms. The molecule has 8 nitrogen and oxygen atoms in total. The number of benzene rings is 1. The lowest BCUT2D eigenvalue weighted by Crippen LogP contribution is -2.25. The predicted molar refractivity (Wildman–Crippen MR) is 135 cm³/mol. The van der Waals surface area contributed by atoms with Crippen LogP contribution >= 0.6 is 0 Å². The van der Waals surface area contributed by atoms with E-state index >= 15 is 0 Å². The zero-order chi connectivity index (χ0) is 24.0. The third-order valence-electron chi connectivity index (χ3n) is 5.55. The Hall–Kier alpha value is -5.03. The highest BCUT2D eigenvalue weighted by atomic mass is 16.1. The second-order valence-corrected chi connectivity index (χ2v) is 7.95. The Morgan fingerprint density at radius 2 is 1.91 bits per heavy atom. The van der Waals surface area contributed by atoms with E-state index in [-0.39, 0.29) is 11.9 Å². The van der Waals surface area contributed by atoms with E-state index in [2.05, 4.69) is 37.0 Å². The number of anilines is 3. The van der Waals surface area contributed by atoms with Crippen molar-refractivity contribution in [1.29, 1.82) is 5.26 Å². The second kappa shape index (κ2) is 9.85. The Balaban J connectivity index is 1.21. The molecule has 3 aromatic heterocycles. The fourth-order valence-electron chi connectivity index (χ4n) is 3.75. The van der Waals surface area contributed by atoms with Gasteiger partial charge in [-0.05, 0) is 61.0 Å². The lowest BCUT2D eigenvalue weighted by atomic mass is 10.1. The highest BCUT2D eigenvalue weighted by Crippen LogP contribution is 2.25. The molecule has 1 aromatic carbocycles. The summed E-state index contributed by atoms with van der Waals surface area (Å²) in [4.78, 5) is 25.4. The number of nitrogens with zero attached hydrogens (tertiary/aromatic N) is 4. The van der Waals surface area contributed by atoms with Crippen molar-refractivity contribution in [3.63, 3.8) is 0 Å².